The van der Waals surface area contributed by atoms with Gasteiger partial charge in [-0.05, 0) is 23.8 Å². The van der Waals surface area contributed by atoms with Crippen molar-refractivity contribution in [3.05, 3.63) is 35.9 Å². The van der Waals surface area contributed by atoms with Gasteiger partial charge in [-0.1, -0.05) is 56.5 Å². The summed E-state index contributed by atoms with van der Waals surface area (Å²) in [6.07, 6.45) is 5.62. The van der Waals surface area contributed by atoms with E-state index in [0.717, 1.165) is 5.56 Å². The van der Waals surface area contributed by atoms with E-state index in [9.17, 15) is 4.79 Å². The first kappa shape index (κ1) is 13.1. The minimum absolute atomic E-state index is 0.0439. The zero-order valence-corrected chi connectivity index (χ0v) is 11.1. The first-order valence-electron chi connectivity index (χ1n) is 6.95. The Balaban J connectivity index is 1.75. The fourth-order valence-corrected chi connectivity index (χ4v) is 2.71. The standard InChI is InChI=1S/C16H22O2/c1-13-7-5-6-10-15(13)11-16(17)18-12-14-8-3-2-4-9-14/h2-4,8-9,13,15H,5-7,10-12H2,1H3/t13-,15+/m1/s1. The summed E-state index contributed by atoms with van der Waals surface area (Å²) in [6, 6.07) is 9.86. The van der Waals surface area contributed by atoms with E-state index < -0.39 is 0 Å². The van der Waals surface area contributed by atoms with Crippen LogP contribution in [0.15, 0.2) is 30.3 Å². The number of carbonyl (C=O) groups is 1. The van der Waals surface area contributed by atoms with E-state index in [2.05, 4.69) is 6.92 Å². The van der Waals surface area contributed by atoms with E-state index in [1.807, 2.05) is 30.3 Å². The van der Waals surface area contributed by atoms with Crippen LogP contribution in [-0.4, -0.2) is 5.97 Å². The average molecular weight is 246 g/mol. The van der Waals surface area contributed by atoms with Gasteiger partial charge in [0.1, 0.15) is 6.61 Å². The molecular weight excluding hydrogens is 224 g/mol. The lowest BCUT2D eigenvalue weighted by atomic mass is 9.79. The molecule has 0 aliphatic heterocycles. The van der Waals surface area contributed by atoms with Crippen LogP contribution >= 0.6 is 0 Å². The maximum Gasteiger partial charge on any atom is 0.306 e. The molecule has 0 heterocycles. The van der Waals surface area contributed by atoms with Gasteiger partial charge in [0.05, 0.1) is 0 Å². The Morgan fingerprint density at radius 3 is 2.67 bits per heavy atom. The van der Waals surface area contributed by atoms with E-state index >= 15 is 0 Å². The monoisotopic (exact) mass is 246 g/mol. The quantitative estimate of drug-likeness (QED) is 0.752. The Kier molecular flexibility index (Phi) is 4.80. The number of carbonyl (C=O) groups excluding carboxylic acids is 1. The van der Waals surface area contributed by atoms with Gasteiger partial charge >= 0.3 is 5.97 Å². The molecule has 18 heavy (non-hydrogen) atoms. The van der Waals surface area contributed by atoms with Gasteiger partial charge in [0.2, 0.25) is 0 Å². The second kappa shape index (κ2) is 6.58. The van der Waals surface area contributed by atoms with Crippen molar-refractivity contribution in [3.63, 3.8) is 0 Å². The number of benzene rings is 1. The molecule has 1 saturated carbocycles. The molecule has 0 N–H and O–H groups in total. The third-order valence-corrected chi connectivity index (χ3v) is 3.96. The highest BCUT2D eigenvalue weighted by Gasteiger charge is 2.24. The molecule has 0 radical (unpaired) electrons. The summed E-state index contributed by atoms with van der Waals surface area (Å²) >= 11 is 0. The topological polar surface area (TPSA) is 26.3 Å². The van der Waals surface area contributed by atoms with E-state index in [1.165, 1.54) is 25.7 Å². The average Bonchev–Trinajstić information content (AvgIpc) is 2.40. The van der Waals surface area contributed by atoms with Crippen molar-refractivity contribution in [1.82, 2.24) is 0 Å². The molecule has 1 aromatic rings. The van der Waals surface area contributed by atoms with Crippen LogP contribution in [0.1, 0.15) is 44.6 Å². The zero-order valence-electron chi connectivity index (χ0n) is 11.1. The van der Waals surface area contributed by atoms with E-state index in [1.54, 1.807) is 0 Å². The van der Waals surface area contributed by atoms with Crippen LogP contribution in [0.5, 0.6) is 0 Å². The second-order valence-corrected chi connectivity index (χ2v) is 5.37. The van der Waals surface area contributed by atoms with Crippen molar-refractivity contribution in [2.45, 2.75) is 45.6 Å². The molecule has 1 aliphatic rings. The Hall–Kier alpha value is -1.31. The van der Waals surface area contributed by atoms with Crippen LogP contribution in [0.25, 0.3) is 0 Å². The van der Waals surface area contributed by atoms with E-state index in [-0.39, 0.29) is 5.97 Å². The molecule has 2 rings (SSSR count). The van der Waals surface area contributed by atoms with Crippen molar-refractivity contribution < 1.29 is 9.53 Å². The third-order valence-electron chi connectivity index (χ3n) is 3.96. The fourth-order valence-electron chi connectivity index (χ4n) is 2.71. The van der Waals surface area contributed by atoms with E-state index in [0.29, 0.717) is 24.9 Å². The summed E-state index contributed by atoms with van der Waals surface area (Å²) in [5.41, 5.74) is 1.06. The lowest BCUT2D eigenvalue weighted by Crippen LogP contribution is -2.21. The lowest BCUT2D eigenvalue weighted by molar-refractivity contribution is -0.146. The minimum atomic E-state index is -0.0439. The molecule has 0 amide bonds. The summed E-state index contributed by atoms with van der Waals surface area (Å²) in [5, 5.41) is 0. The predicted octanol–water partition coefficient (Wildman–Crippen LogP) is 3.95. The number of hydrogen-bond donors (Lipinski definition) is 0. The predicted molar refractivity (Wildman–Crippen MR) is 72.0 cm³/mol. The lowest BCUT2D eigenvalue weighted by Gasteiger charge is -2.27. The Bertz CT molecular complexity index is 372. The Morgan fingerprint density at radius 2 is 1.94 bits per heavy atom. The first-order chi connectivity index (χ1) is 8.75. The number of esters is 1. The SMILES string of the molecule is C[C@@H]1CCCC[C@H]1CC(=O)OCc1ccccc1. The van der Waals surface area contributed by atoms with Crippen LogP contribution in [0.4, 0.5) is 0 Å². The van der Waals surface area contributed by atoms with Crippen LogP contribution in [0, 0.1) is 11.8 Å². The van der Waals surface area contributed by atoms with Gasteiger partial charge in [-0.2, -0.15) is 0 Å². The molecule has 98 valence electrons. The molecule has 0 spiro atoms. The molecule has 1 aromatic carbocycles. The second-order valence-electron chi connectivity index (χ2n) is 5.37. The largest absolute Gasteiger partial charge is 0.461 e. The molecule has 2 heteroatoms. The summed E-state index contributed by atoms with van der Waals surface area (Å²) in [5.74, 6) is 1.16. The molecular formula is C16H22O2. The van der Waals surface area contributed by atoms with Crippen LogP contribution in [0.3, 0.4) is 0 Å². The smallest absolute Gasteiger partial charge is 0.306 e. The van der Waals surface area contributed by atoms with Crippen molar-refractivity contribution in [1.29, 1.82) is 0 Å². The van der Waals surface area contributed by atoms with Gasteiger partial charge in [0, 0.05) is 6.42 Å². The van der Waals surface area contributed by atoms with Crippen molar-refractivity contribution in [3.8, 4) is 0 Å². The highest BCUT2D eigenvalue weighted by atomic mass is 16.5. The molecule has 0 bridgehead atoms. The highest BCUT2D eigenvalue weighted by Crippen LogP contribution is 2.32. The number of ether oxygens (including phenoxy) is 1. The third kappa shape index (κ3) is 3.86. The summed E-state index contributed by atoms with van der Waals surface area (Å²) in [4.78, 5) is 11.8. The van der Waals surface area contributed by atoms with Gasteiger partial charge in [-0.15, -0.1) is 0 Å². The highest BCUT2D eigenvalue weighted by molar-refractivity contribution is 5.69. The zero-order chi connectivity index (χ0) is 12.8. The number of rotatable bonds is 4. The van der Waals surface area contributed by atoms with Crippen molar-refractivity contribution in [2.24, 2.45) is 11.8 Å². The molecule has 1 aliphatic carbocycles. The van der Waals surface area contributed by atoms with Crippen molar-refractivity contribution >= 4 is 5.97 Å². The Morgan fingerprint density at radius 1 is 1.22 bits per heavy atom. The summed E-state index contributed by atoms with van der Waals surface area (Å²) < 4.78 is 5.34. The van der Waals surface area contributed by atoms with Gasteiger partial charge in [-0.25, -0.2) is 0 Å². The summed E-state index contributed by atoms with van der Waals surface area (Å²) in [6.45, 7) is 2.66. The molecule has 0 saturated heterocycles. The van der Waals surface area contributed by atoms with Gasteiger partial charge in [0.15, 0.2) is 0 Å². The fraction of sp³-hybridized carbons (Fsp3) is 0.562. The maximum atomic E-state index is 11.8. The summed E-state index contributed by atoms with van der Waals surface area (Å²) in [7, 11) is 0. The van der Waals surface area contributed by atoms with Crippen molar-refractivity contribution in [2.75, 3.05) is 0 Å². The van der Waals surface area contributed by atoms with Crippen LogP contribution in [0.2, 0.25) is 0 Å². The first-order valence-corrected chi connectivity index (χ1v) is 6.95. The van der Waals surface area contributed by atoms with Crippen LogP contribution < -0.4 is 0 Å². The van der Waals surface area contributed by atoms with Gasteiger partial charge in [-0.3, -0.25) is 4.79 Å². The molecule has 2 nitrogen and oxygen atoms in total. The van der Waals surface area contributed by atoms with E-state index in [4.69, 9.17) is 4.74 Å². The molecule has 0 aromatic heterocycles. The maximum absolute atomic E-state index is 11.8. The molecule has 1 fully saturated rings. The molecule has 0 unspecified atom stereocenters. The van der Waals surface area contributed by atoms with Crippen LogP contribution in [-0.2, 0) is 16.1 Å². The normalized spacial score (nSPS) is 23.6. The molecule has 2 atom stereocenters. The minimum Gasteiger partial charge on any atom is -0.461 e. The number of hydrogen-bond acceptors (Lipinski definition) is 2. The Labute approximate surface area is 109 Å². The van der Waals surface area contributed by atoms with Gasteiger partial charge in [0.25, 0.3) is 0 Å². The van der Waals surface area contributed by atoms with Gasteiger partial charge < -0.3 is 4.74 Å².